The average Bonchev–Trinajstić information content (AvgIpc) is 2.54. The zero-order chi connectivity index (χ0) is 14.7. The number of fused-ring (bicyclic) bond motifs is 4. The van der Waals surface area contributed by atoms with Gasteiger partial charge in [0.15, 0.2) is 0 Å². The summed E-state index contributed by atoms with van der Waals surface area (Å²) < 4.78 is 0. The van der Waals surface area contributed by atoms with Crippen LogP contribution in [0, 0.1) is 0 Å². The lowest BCUT2D eigenvalue weighted by molar-refractivity contribution is 1.20. The van der Waals surface area contributed by atoms with Crippen molar-refractivity contribution in [3.8, 4) is 11.1 Å². The zero-order valence-electron chi connectivity index (χ0n) is 12.1. The van der Waals surface area contributed by atoms with Gasteiger partial charge in [0.25, 0.3) is 0 Å². The molecule has 0 atom stereocenters. The summed E-state index contributed by atoms with van der Waals surface area (Å²) >= 11 is 0. The molecule has 22 heavy (non-hydrogen) atoms. The van der Waals surface area contributed by atoms with Gasteiger partial charge in [0.1, 0.15) is 0 Å². The predicted octanol–water partition coefficient (Wildman–Crippen LogP) is 5.15. The first-order valence-electron chi connectivity index (χ1n) is 7.63. The van der Waals surface area contributed by atoms with Gasteiger partial charge in [-0.1, -0.05) is 48.5 Å². The Morgan fingerprint density at radius 3 is 2.50 bits per heavy atom. The van der Waals surface area contributed by atoms with Crippen LogP contribution >= 0.6 is 0 Å². The largest absolute Gasteiger partial charge is 0.399 e. The van der Waals surface area contributed by atoms with Gasteiger partial charge in [-0.05, 0) is 68.4 Å². The van der Waals surface area contributed by atoms with Gasteiger partial charge in [-0.25, -0.2) is 0 Å². The van der Waals surface area contributed by atoms with Crippen molar-refractivity contribution in [1.82, 2.24) is 0 Å². The van der Waals surface area contributed by atoms with Gasteiger partial charge in [0, 0.05) is 5.69 Å². The van der Waals surface area contributed by atoms with E-state index >= 15 is 0 Å². The summed E-state index contributed by atoms with van der Waals surface area (Å²) in [5, 5.41) is 5.22. The highest BCUT2D eigenvalue weighted by atomic mass is 14.5. The van der Waals surface area contributed by atoms with Crippen molar-refractivity contribution in [2.45, 2.75) is 6.42 Å². The highest BCUT2D eigenvalue weighted by Gasteiger charge is 2.20. The summed E-state index contributed by atoms with van der Waals surface area (Å²) in [6.45, 7) is 0. The summed E-state index contributed by atoms with van der Waals surface area (Å²) in [6, 6.07) is 23.9. The molecular weight excluding hydrogens is 266 g/mol. The van der Waals surface area contributed by atoms with E-state index in [-0.39, 0.29) is 0 Å². The lowest BCUT2D eigenvalue weighted by atomic mass is 9.81. The van der Waals surface area contributed by atoms with Crippen molar-refractivity contribution < 1.29 is 0 Å². The summed E-state index contributed by atoms with van der Waals surface area (Å²) in [5.74, 6) is 0. The van der Waals surface area contributed by atoms with Crippen molar-refractivity contribution in [2.75, 3.05) is 5.73 Å². The number of benzene rings is 4. The Bertz CT molecular complexity index is 1060. The second kappa shape index (κ2) is 4.11. The van der Waals surface area contributed by atoms with Crippen LogP contribution in [0.15, 0.2) is 66.7 Å². The first-order chi connectivity index (χ1) is 10.8. The lowest BCUT2D eigenvalue weighted by Crippen LogP contribution is -2.03. The molecule has 0 aromatic heterocycles. The van der Waals surface area contributed by atoms with E-state index in [9.17, 15) is 0 Å². The maximum atomic E-state index is 6.14. The number of rotatable bonds is 0. The van der Waals surface area contributed by atoms with Crippen LogP contribution in [-0.2, 0) is 6.42 Å². The number of hydrogen-bond donors (Lipinski definition) is 1. The third-order valence-electron chi connectivity index (χ3n) is 4.73. The Morgan fingerprint density at radius 2 is 1.55 bits per heavy atom. The average molecular weight is 281 g/mol. The molecule has 1 nitrogen and oxygen atoms in total. The van der Waals surface area contributed by atoms with Crippen LogP contribution in [0.25, 0.3) is 32.7 Å². The highest BCUT2D eigenvalue weighted by Crippen LogP contribution is 2.44. The van der Waals surface area contributed by atoms with Crippen LogP contribution in [0.1, 0.15) is 11.1 Å². The molecule has 0 bridgehead atoms. The van der Waals surface area contributed by atoms with E-state index in [0.717, 1.165) is 12.1 Å². The molecular formula is C21H15N. The standard InChI is InChI=1S/C21H15N/c22-17-11-15-9-13-5-1-3-7-18(13)21-19-8-4-2-6-14(19)10-16(12-17)20(15)21/h1-9,11-12H,10,22H2. The fourth-order valence-corrected chi connectivity index (χ4v) is 3.87. The van der Waals surface area contributed by atoms with Gasteiger partial charge in [-0.15, -0.1) is 0 Å². The second-order valence-electron chi connectivity index (χ2n) is 6.08. The lowest BCUT2D eigenvalue weighted by Gasteiger charge is -2.23. The van der Waals surface area contributed by atoms with Crippen molar-refractivity contribution in [3.05, 3.63) is 77.9 Å². The third kappa shape index (κ3) is 1.48. The molecule has 1 aliphatic carbocycles. The summed E-state index contributed by atoms with van der Waals surface area (Å²) in [7, 11) is 0. The minimum Gasteiger partial charge on any atom is -0.399 e. The fourth-order valence-electron chi connectivity index (χ4n) is 3.87. The fraction of sp³-hybridized carbons (Fsp3) is 0.0476. The minimum absolute atomic E-state index is 0.850. The SMILES string of the molecule is Nc1cc2c3c(c4ccccc4cc3c1)-c1ccccc1C2. The van der Waals surface area contributed by atoms with Crippen LogP contribution in [0.3, 0.4) is 0 Å². The van der Waals surface area contributed by atoms with Crippen LogP contribution < -0.4 is 5.73 Å². The number of nitrogen functional groups attached to an aromatic ring is 1. The third-order valence-corrected chi connectivity index (χ3v) is 4.73. The van der Waals surface area contributed by atoms with Crippen LogP contribution in [-0.4, -0.2) is 0 Å². The van der Waals surface area contributed by atoms with Crippen LogP contribution in [0.5, 0.6) is 0 Å². The van der Waals surface area contributed by atoms with Crippen LogP contribution in [0.4, 0.5) is 5.69 Å². The zero-order valence-corrected chi connectivity index (χ0v) is 12.1. The van der Waals surface area contributed by atoms with E-state index in [1.807, 2.05) is 0 Å². The van der Waals surface area contributed by atoms with Gasteiger partial charge >= 0.3 is 0 Å². The van der Waals surface area contributed by atoms with Gasteiger partial charge in [0.2, 0.25) is 0 Å². The number of nitrogens with two attached hydrogens (primary N) is 1. The molecule has 0 spiro atoms. The quantitative estimate of drug-likeness (QED) is 0.308. The number of anilines is 1. The smallest absolute Gasteiger partial charge is 0.0323 e. The molecule has 1 aliphatic rings. The maximum absolute atomic E-state index is 6.14. The number of hydrogen-bond acceptors (Lipinski definition) is 1. The molecule has 0 saturated carbocycles. The van der Waals surface area contributed by atoms with Gasteiger partial charge < -0.3 is 5.73 Å². The van der Waals surface area contributed by atoms with Gasteiger partial charge in [-0.3, -0.25) is 0 Å². The summed E-state index contributed by atoms with van der Waals surface area (Å²) in [5.41, 5.74) is 12.4. The first-order valence-corrected chi connectivity index (χ1v) is 7.63. The normalized spacial score (nSPS) is 12.5. The molecule has 0 fully saturated rings. The van der Waals surface area contributed by atoms with E-state index in [2.05, 4.69) is 66.7 Å². The molecule has 4 aromatic carbocycles. The topological polar surface area (TPSA) is 26.0 Å². The molecule has 2 N–H and O–H groups in total. The molecule has 0 heterocycles. The van der Waals surface area contributed by atoms with E-state index in [0.29, 0.717) is 0 Å². The molecule has 0 amide bonds. The monoisotopic (exact) mass is 281 g/mol. The van der Waals surface area contributed by atoms with E-state index in [1.165, 1.54) is 43.8 Å². The Kier molecular flexibility index (Phi) is 2.21. The summed E-state index contributed by atoms with van der Waals surface area (Å²) in [6.07, 6.45) is 0.961. The molecule has 104 valence electrons. The molecule has 4 aromatic rings. The molecule has 0 unspecified atom stereocenters. The van der Waals surface area contributed by atoms with E-state index < -0.39 is 0 Å². The molecule has 1 heteroatoms. The highest BCUT2D eigenvalue weighted by molar-refractivity contribution is 6.15. The van der Waals surface area contributed by atoms with Crippen molar-refractivity contribution in [1.29, 1.82) is 0 Å². The molecule has 0 aliphatic heterocycles. The van der Waals surface area contributed by atoms with Crippen LogP contribution in [0.2, 0.25) is 0 Å². The second-order valence-corrected chi connectivity index (χ2v) is 6.08. The Morgan fingerprint density at radius 1 is 0.727 bits per heavy atom. The summed E-state index contributed by atoms with van der Waals surface area (Å²) in [4.78, 5) is 0. The Balaban J connectivity index is 2.10. The molecule has 5 rings (SSSR count). The van der Waals surface area contributed by atoms with Crippen molar-refractivity contribution >= 4 is 27.2 Å². The molecule has 0 saturated heterocycles. The minimum atomic E-state index is 0.850. The van der Waals surface area contributed by atoms with Crippen molar-refractivity contribution in [3.63, 3.8) is 0 Å². The van der Waals surface area contributed by atoms with Crippen molar-refractivity contribution in [2.24, 2.45) is 0 Å². The maximum Gasteiger partial charge on any atom is 0.0323 e. The Hall–Kier alpha value is -2.80. The van der Waals surface area contributed by atoms with Gasteiger partial charge in [0.05, 0.1) is 0 Å². The molecule has 0 radical (unpaired) electrons. The van der Waals surface area contributed by atoms with Gasteiger partial charge in [-0.2, -0.15) is 0 Å². The Labute approximate surface area is 129 Å². The first kappa shape index (κ1) is 11.8. The van der Waals surface area contributed by atoms with E-state index in [1.54, 1.807) is 0 Å². The van der Waals surface area contributed by atoms with E-state index in [4.69, 9.17) is 5.73 Å². The predicted molar refractivity (Wildman–Crippen MR) is 94.1 cm³/mol.